The summed E-state index contributed by atoms with van der Waals surface area (Å²) in [5.41, 5.74) is 1.54. The molecule has 0 aliphatic rings. The van der Waals surface area contributed by atoms with Gasteiger partial charge in [0.05, 0.1) is 11.6 Å². The molecule has 0 aliphatic heterocycles. The van der Waals surface area contributed by atoms with Crippen LogP contribution in [0.25, 0.3) is 0 Å². The minimum absolute atomic E-state index is 0.155. The van der Waals surface area contributed by atoms with Crippen molar-refractivity contribution in [2.75, 3.05) is 6.61 Å². The van der Waals surface area contributed by atoms with Gasteiger partial charge in [-0.15, -0.1) is 13.2 Å². The molecule has 0 bridgehead atoms. The molecule has 0 spiro atoms. The smallest absolute Gasteiger partial charge is 0.489 e. The van der Waals surface area contributed by atoms with Crippen LogP contribution < -0.4 is 20.5 Å². The molecule has 13 heteroatoms. The highest BCUT2D eigenvalue weighted by atomic mass is 19.4. The number of nitriles is 1. The van der Waals surface area contributed by atoms with E-state index in [1.165, 1.54) is 0 Å². The standard InChI is InChI=1S/C20H15F6N3O4/c1-18(9-27,29-17(31)11-2-5-13(6-3-11)33-20(24,25)26)10-32-15-8-12(16(28)30)4-7-14(15)19(21,22)23/h2-8H,10H2,1H3,(H2,28,30)(H,29,31). The second-order valence-electron chi connectivity index (χ2n) is 6.83. The number of nitrogens with zero attached hydrogens (tertiary/aromatic N) is 1. The molecule has 1 atom stereocenters. The van der Waals surface area contributed by atoms with Crippen molar-refractivity contribution in [2.45, 2.75) is 25.0 Å². The van der Waals surface area contributed by atoms with Gasteiger partial charge in [0.1, 0.15) is 18.1 Å². The van der Waals surface area contributed by atoms with Gasteiger partial charge in [0.15, 0.2) is 5.54 Å². The number of carbonyl (C=O) groups is 2. The second kappa shape index (κ2) is 9.27. The van der Waals surface area contributed by atoms with Crippen molar-refractivity contribution in [3.63, 3.8) is 0 Å². The predicted molar refractivity (Wildman–Crippen MR) is 100 cm³/mol. The Kier molecular flexibility index (Phi) is 7.11. The number of hydrogen-bond donors (Lipinski definition) is 2. The van der Waals surface area contributed by atoms with E-state index in [0.29, 0.717) is 6.07 Å². The zero-order valence-electron chi connectivity index (χ0n) is 16.7. The number of ether oxygens (including phenoxy) is 2. The summed E-state index contributed by atoms with van der Waals surface area (Å²) < 4.78 is 85.2. The molecule has 0 aliphatic carbocycles. The van der Waals surface area contributed by atoms with E-state index >= 15 is 0 Å². The highest BCUT2D eigenvalue weighted by molar-refractivity contribution is 5.95. The van der Waals surface area contributed by atoms with Crippen LogP contribution in [0.4, 0.5) is 26.3 Å². The van der Waals surface area contributed by atoms with Gasteiger partial charge in [-0.2, -0.15) is 18.4 Å². The normalized spacial score (nSPS) is 13.4. The molecule has 0 heterocycles. The Morgan fingerprint density at radius 2 is 1.61 bits per heavy atom. The van der Waals surface area contributed by atoms with Crippen molar-refractivity contribution in [1.29, 1.82) is 5.26 Å². The Hall–Kier alpha value is -3.95. The molecule has 2 aromatic carbocycles. The molecule has 3 N–H and O–H groups in total. The fourth-order valence-corrected chi connectivity index (χ4v) is 2.48. The average Bonchev–Trinajstić information content (AvgIpc) is 2.70. The Labute approximate surface area is 182 Å². The third-order valence-electron chi connectivity index (χ3n) is 4.07. The van der Waals surface area contributed by atoms with Crippen LogP contribution in [0.2, 0.25) is 0 Å². The molecule has 0 fully saturated rings. The number of alkyl halides is 6. The summed E-state index contributed by atoms with van der Waals surface area (Å²) in [4.78, 5) is 23.7. The summed E-state index contributed by atoms with van der Waals surface area (Å²) in [6, 6.07) is 7.60. The van der Waals surface area contributed by atoms with E-state index in [2.05, 4.69) is 10.1 Å². The van der Waals surface area contributed by atoms with Gasteiger partial charge >= 0.3 is 12.5 Å². The Balaban J connectivity index is 2.18. The first-order valence-corrected chi connectivity index (χ1v) is 8.87. The fourth-order valence-electron chi connectivity index (χ4n) is 2.48. The summed E-state index contributed by atoms with van der Waals surface area (Å²) in [5.74, 6) is -3.30. The van der Waals surface area contributed by atoms with E-state index in [1.54, 1.807) is 6.07 Å². The zero-order valence-corrected chi connectivity index (χ0v) is 16.7. The number of hydrogen-bond acceptors (Lipinski definition) is 5. The van der Waals surface area contributed by atoms with Crippen LogP contribution in [-0.4, -0.2) is 30.3 Å². The number of carbonyl (C=O) groups excluding carboxylic acids is 2. The maximum Gasteiger partial charge on any atom is 0.573 e. The van der Waals surface area contributed by atoms with Gasteiger partial charge in [-0.25, -0.2) is 0 Å². The van der Waals surface area contributed by atoms with Crippen LogP contribution in [0, 0.1) is 11.3 Å². The van der Waals surface area contributed by atoms with E-state index in [-0.39, 0.29) is 11.1 Å². The van der Waals surface area contributed by atoms with Crippen molar-refractivity contribution < 1.29 is 45.4 Å². The van der Waals surface area contributed by atoms with E-state index < -0.39 is 53.6 Å². The first kappa shape index (κ1) is 25.3. The van der Waals surface area contributed by atoms with Gasteiger partial charge < -0.3 is 20.5 Å². The van der Waals surface area contributed by atoms with Gasteiger partial charge in [0.2, 0.25) is 5.91 Å². The maximum absolute atomic E-state index is 13.2. The number of rotatable bonds is 7. The zero-order chi connectivity index (χ0) is 25.0. The lowest BCUT2D eigenvalue weighted by Crippen LogP contribution is -2.49. The summed E-state index contributed by atoms with van der Waals surface area (Å²) in [5, 5.41) is 11.6. The second-order valence-corrected chi connectivity index (χ2v) is 6.83. The summed E-state index contributed by atoms with van der Waals surface area (Å²) >= 11 is 0. The Bertz CT molecular complexity index is 1080. The maximum atomic E-state index is 13.2. The van der Waals surface area contributed by atoms with Gasteiger partial charge in [0.25, 0.3) is 5.91 Å². The first-order valence-electron chi connectivity index (χ1n) is 8.87. The van der Waals surface area contributed by atoms with Crippen LogP contribution in [0.1, 0.15) is 33.2 Å². The molecule has 0 radical (unpaired) electrons. The topological polar surface area (TPSA) is 114 Å². The molecule has 176 valence electrons. The van der Waals surface area contributed by atoms with Crippen molar-refractivity contribution >= 4 is 11.8 Å². The highest BCUT2D eigenvalue weighted by Crippen LogP contribution is 2.37. The SMILES string of the molecule is CC(C#N)(COc1cc(C(N)=O)ccc1C(F)(F)F)NC(=O)c1ccc(OC(F)(F)F)cc1. The molecule has 33 heavy (non-hydrogen) atoms. The van der Waals surface area contributed by atoms with Gasteiger partial charge in [-0.05, 0) is 49.4 Å². The van der Waals surface area contributed by atoms with Gasteiger partial charge in [-0.1, -0.05) is 0 Å². The molecule has 2 aromatic rings. The van der Waals surface area contributed by atoms with Crippen LogP contribution in [0.15, 0.2) is 42.5 Å². The monoisotopic (exact) mass is 475 g/mol. The Morgan fingerprint density at radius 1 is 1.03 bits per heavy atom. The lowest BCUT2D eigenvalue weighted by Gasteiger charge is -2.25. The third-order valence-corrected chi connectivity index (χ3v) is 4.07. The lowest BCUT2D eigenvalue weighted by atomic mass is 10.0. The summed E-state index contributed by atoms with van der Waals surface area (Å²) in [6.07, 6.45) is -9.78. The highest BCUT2D eigenvalue weighted by Gasteiger charge is 2.36. The molecule has 1 unspecified atom stereocenters. The largest absolute Gasteiger partial charge is 0.573 e. The number of primary amides is 1. The molecular weight excluding hydrogens is 460 g/mol. The minimum atomic E-state index is -4.93. The number of amides is 2. The molecule has 0 saturated heterocycles. The Morgan fingerprint density at radius 3 is 2.09 bits per heavy atom. The van der Waals surface area contributed by atoms with Gasteiger partial charge in [0, 0.05) is 11.1 Å². The molecule has 0 saturated carbocycles. The molecule has 2 amide bonds. The summed E-state index contributed by atoms with van der Waals surface area (Å²) in [7, 11) is 0. The molecule has 7 nitrogen and oxygen atoms in total. The van der Waals surface area contributed by atoms with Crippen molar-refractivity contribution in [3.05, 3.63) is 59.2 Å². The number of nitrogens with one attached hydrogen (secondary N) is 1. The third kappa shape index (κ3) is 7.03. The number of benzene rings is 2. The molecule has 0 aromatic heterocycles. The average molecular weight is 475 g/mol. The number of nitrogens with two attached hydrogens (primary N) is 1. The first-order chi connectivity index (χ1) is 15.1. The van der Waals surface area contributed by atoms with Crippen molar-refractivity contribution in [3.8, 4) is 17.6 Å². The number of halogens is 6. The summed E-state index contributed by atoms with van der Waals surface area (Å²) in [6.45, 7) is 0.382. The fraction of sp³-hybridized carbons (Fsp3) is 0.250. The van der Waals surface area contributed by atoms with E-state index in [4.69, 9.17) is 10.5 Å². The quantitative estimate of drug-likeness (QED) is 0.592. The van der Waals surface area contributed by atoms with Crippen LogP contribution in [-0.2, 0) is 6.18 Å². The van der Waals surface area contributed by atoms with Crippen molar-refractivity contribution in [2.24, 2.45) is 5.73 Å². The van der Waals surface area contributed by atoms with E-state index in [1.807, 2.05) is 0 Å². The van der Waals surface area contributed by atoms with Crippen LogP contribution in [0.5, 0.6) is 11.5 Å². The van der Waals surface area contributed by atoms with E-state index in [9.17, 15) is 41.2 Å². The predicted octanol–water partition coefficient (Wildman–Crippen LogP) is 3.79. The lowest BCUT2D eigenvalue weighted by molar-refractivity contribution is -0.274. The van der Waals surface area contributed by atoms with Crippen molar-refractivity contribution in [1.82, 2.24) is 5.32 Å². The molecular formula is C20H15F6N3O4. The molecule has 2 rings (SSSR count). The van der Waals surface area contributed by atoms with Crippen LogP contribution >= 0.6 is 0 Å². The minimum Gasteiger partial charge on any atom is -0.489 e. The van der Waals surface area contributed by atoms with Gasteiger partial charge in [-0.3, -0.25) is 9.59 Å². The van der Waals surface area contributed by atoms with E-state index in [0.717, 1.165) is 43.3 Å². The van der Waals surface area contributed by atoms with Crippen LogP contribution in [0.3, 0.4) is 0 Å².